The van der Waals surface area contributed by atoms with E-state index in [2.05, 4.69) is 78.7 Å². The Morgan fingerprint density at radius 3 is 2.36 bits per heavy atom. The number of ether oxygens (including phenoxy) is 4. The van der Waals surface area contributed by atoms with Crippen LogP contribution in [0, 0.1) is 5.92 Å². The van der Waals surface area contributed by atoms with Crippen molar-refractivity contribution in [1.29, 1.82) is 0 Å². The first-order valence-electron chi connectivity index (χ1n) is 12.5. The van der Waals surface area contributed by atoms with Crippen molar-refractivity contribution in [3.63, 3.8) is 0 Å². The van der Waals surface area contributed by atoms with Gasteiger partial charge in [0, 0.05) is 23.4 Å². The van der Waals surface area contributed by atoms with Crippen molar-refractivity contribution < 1.29 is 23.8 Å². The van der Waals surface area contributed by atoms with Gasteiger partial charge in [-0.3, -0.25) is 4.84 Å². The third-order valence-corrected chi connectivity index (χ3v) is 8.43. The first kappa shape index (κ1) is 24.9. The van der Waals surface area contributed by atoms with Gasteiger partial charge in [-0.25, -0.2) is 0 Å². The normalized spacial score (nSPS) is 39.1. The van der Waals surface area contributed by atoms with Crippen LogP contribution in [0.5, 0.6) is 5.75 Å². The maximum atomic E-state index is 6.88. The lowest BCUT2D eigenvalue weighted by Crippen LogP contribution is -2.71. The maximum Gasteiger partial charge on any atom is 0.175 e. The van der Waals surface area contributed by atoms with Crippen LogP contribution in [0.25, 0.3) is 0 Å². The molecule has 0 aromatic heterocycles. The van der Waals surface area contributed by atoms with Gasteiger partial charge in [0.2, 0.25) is 0 Å². The van der Waals surface area contributed by atoms with Crippen molar-refractivity contribution in [2.75, 3.05) is 20.3 Å². The Morgan fingerprint density at radius 1 is 1.15 bits per heavy atom. The molecule has 0 radical (unpaired) electrons. The fourth-order valence-electron chi connectivity index (χ4n) is 5.83. The second-order valence-electron chi connectivity index (χ2n) is 11.3. The molecule has 33 heavy (non-hydrogen) atoms. The number of rotatable bonds is 7. The summed E-state index contributed by atoms with van der Waals surface area (Å²) in [5, 5.41) is 2.27. The molecule has 3 aliphatic rings. The Bertz CT molecular complexity index is 870. The van der Waals surface area contributed by atoms with Crippen molar-refractivity contribution >= 4 is 0 Å². The van der Waals surface area contributed by atoms with Crippen molar-refractivity contribution in [2.45, 2.75) is 109 Å². The van der Waals surface area contributed by atoms with Crippen LogP contribution in [-0.4, -0.2) is 47.9 Å². The largest absolute Gasteiger partial charge is 0.496 e. The highest BCUT2D eigenvalue weighted by atomic mass is 16.8. The quantitative estimate of drug-likeness (QED) is 0.467. The molecule has 6 atom stereocenters. The van der Waals surface area contributed by atoms with E-state index >= 15 is 0 Å². The summed E-state index contributed by atoms with van der Waals surface area (Å²) in [6.45, 7) is 19.0. The van der Waals surface area contributed by atoms with Crippen LogP contribution in [0.4, 0.5) is 0 Å². The average Bonchev–Trinajstić information content (AvgIpc) is 3.59. The Hall–Kier alpha value is -1.18. The van der Waals surface area contributed by atoms with E-state index in [-0.39, 0.29) is 34.8 Å². The van der Waals surface area contributed by atoms with Gasteiger partial charge in [-0.1, -0.05) is 32.9 Å². The molecular weight excluding hydrogens is 418 g/mol. The summed E-state index contributed by atoms with van der Waals surface area (Å²) in [6.07, 6.45) is 2.63. The molecule has 1 aromatic carbocycles. The fourth-order valence-corrected chi connectivity index (χ4v) is 5.83. The summed E-state index contributed by atoms with van der Waals surface area (Å²) in [5.41, 5.74) is 1.40. The molecular formula is C27H43NO5. The van der Waals surface area contributed by atoms with Gasteiger partial charge in [0.05, 0.1) is 31.5 Å². The van der Waals surface area contributed by atoms with E-state index in [9.17, 15) is 0 Å². The van der Waals surface area contributed by atoms with Gasteiger partial charge in [0.25, 0.3) is 0 Å². The van der Waals surface area contributed by atoms with Crippen LogP contribution < -0.4 is 4.74 Å². The van der Waals surface area contributed by atoms with Gasteiger partial charge >= 0.3 is 0 Å². The van der Waals surface area contributed by atoms with Crippen LogP contribution in [0.1, 0.15) is 98.0 Å². The first-order chi connectivity index (χ1) is 15.4. The van der Waals surface area contributed by atoms with E-state index in [1.807, 2.05) is 0 Å². The zero-order valence-corrected chi connectivity index (χ0v) is 22.0. The lowest BCUT2D eigenvalue weighted by molar-refractivity contribution is -0.382. The molecule has 1 aromatic rings. The number of epoxide rings is 1. The predicted molar refractivity (Wildman–Crippen MR) is 128 cm³/mol. The zero-order chi connectivity index (χ0) is 24.2. The Labute approximate surface area is 199 Å². The Morgan fingerprint density at radius 2 is 1.85 bits per heavy atom. The third-order valence-electron chi connectivity index (χ3n) is 8.43. The Balaban J connectivity index is 1.66. The van der Waals surface area contributed by atoms with Gasteiger partial charge in [-0.05, 0) is 59.1 Å². The first-order valence-corrected chi connectivity index (χ1v) is 12.5. The lowest BCUT2D eigenvalue weighted by atomic mass is 9.67. The van der Waals surface area contributed by atoms with E-state index in [0.29, 0.717) is 6.61 Å². The van der Waals surface area contributed by atoms with Gasteiger partial charge < -0.3 is 18.9 Å². The standard InChI is InChI=1S/C27H43NO5/c1-10-25(7)16-27(31-17-24(5,6)33-27)19(4)26(8,11-2)28(25)32-18(3)21-13-12-20(23-15-30-23)14-22(21)29-9/h12-14,18-19,23H,10-11,15-17H2,1-9H3. The summed E-state index contributed by atoms with van der Waals surface area (Å²) >= 11 is 0. The fraction of sp³-hybridized carbons (Fsp3) is 0.778. The highest BCUT2D eigenvalue weighted by Gasteiger charge is 2.65. The van der Waals surface area contributed by atoms with E-state index < -0.39 is 5.79 Å². The van der Waals surface area contributed by atoms with Gasteiger partial charge in [0.1, 0.15) is 18.0 Å². The molecule has 0 bridgehead atoms. The molecule has 3 heterocycles. The number of piperidine rings is 1. The van der Waals surface area contributed by atoms with E-state index in [0.717, 1.165) is 42.7 Å². The molecule has 6 unspecified atom stereocenters. The maximum absolute atomic E-state index is 6.88. The molecule has 0 aliphatic carbocycles. The summed E-state index contributed by atoms with van der Waals surface area (Å²) in [6, 6.07) is 6.33. The predicted octanol–water partition coefficient (Wildman–Crippen LogP) is 5.96. The summed E-state index contributed by atoms with van der Waals surface area (Å²) < 4.78 is 24.4. The van der Waals surface area contributed by atoms with E-state index in [1.54, 1.807) is 7.11 Å². The molecule has 186 valence electrons. The molecule has 0 saturated carbocycles. The number of methoxy groups -OCH3 is 1. The lowest BCUT2D eigenvalue weighted by Gasteiger charge is -2.62. The number of hydrogen-bond acceptors (Lipinski definition) is 6. The van der Waals surface area contributed by atoms with E-state index in [4.69, 9.17) is 23.8 Å². The molecule has 3 aliphatic heterocycles. The monoisotopic (exact) mass is 461 g/mol. The molecule has 3 fully saturated rings. The molecule has 3 saturated heterocycles. The average molecular weight is 462 g/mol. The molecule has 6 nitrogen and oxygen atoms in total. The molecule has 1 spiro atoms. The van der Waals surface area contributed by atoms with Gasteiger partial charge in [-0.15, -0.1) is 0 Å². The molecule has 4 rings (SSSR count). The zero-order valence-electron chi connectivity index (χ0n) is 22.0. The topological polar surface area (TPSA) is 52.7 Å². The highest BCUT2D eigenvalue weighted by Crippen LogP contribution is 2.56. The number of hydroxylamine groups is 2. The van der Waals surface area contributed by atoms with Crippen LogP contribution in [0.15, 0.2) is 18.2 Å². The van der Waals surface area contributed by atoms with Crippen LogP contribution >= 0.6 is 0 Å². The second-order valence-corrected chi connectivity index (χ2v) is 11.3. The summed E-state index contributed by atoms with van der Waals surface area (Å²) in [5.74, 6) is 0.364. The van der Waals surface area contributed by atoms with Crippen molar-refractivity contribution in [3.05, 3.63) is 29.3 Å². The van der Waals surface area contributed by atoms with Crippen molar-refractivity contribution in [2.24, 2.45) is 5.92 Å². The van der Waals surface area contributed by atoms with E-state index in [1.165, 1.54) is 0 Å². The summed E-state index contributed by atoms with van der Waals surface area (Å²) in [7, 11) is 1.72. The van der Waals surface area contributed by atoms with Gasteiger partial charge in [-0.2, -0.15) is 5.06 Å². The number of hydrogen-bond donors (Lipinski definition) is 0. The third kappa shape index (κ3) is 4.23. The minimum Gasteiger partial charge on any atom is -0.496 e. The van der Waals surface area contributed by atoms with Gasteiger partial charge in [0.15, 0.2) is 5.79 Å². The number of benzene rings is 1. The van der Waals surface area contributed by atoms with Crippen molar-refractivity contribution in [1.82, 2.24) is 5.06 Å². The number of nitrogens with zero attached hydrogens (tertiary/aromatic N) is 1. The molecule has 0 amide bonds. The second kappa shape index (κ2) is 8.49. The summed E-state index contributed by atoms with van der Waals surface area (Å²) in [4.78, 5) is 6.88. The minimum absolute atomic E-state index is 0.125. The Kier molecular flexibility index (Phi) is 6.41. The minimum atomic E-state index is -0.605. The van der Waals surface area contributed by atoms with Crippen LogP contribution in [-0.2, 0) is 19.0 Å². The highest BCUT2D eigenvalue weighted by molar-refractivity contribution is 5.40. The van der Waals surface area contributed by atoms with Crippen LogP contribution in [0.2, 0.25) is 0 Å². The molecule has 6 heteroatoms. The molecule has 0 N–H and O–H groups in total. The SMILES string of the molecule is CCC1(C)CC2(OCC(C)(C)O2)C(C)C(C)(CC)N1OC(C)c1ccc(C2CO2)cc1OC. The van der Waals surface area contributed by atoms with Crippen molar-refractivity contribution in [3.8, 4) is 5.75 Å². The van der Waals surface area contributed by atoms with Crippen LogP contribution in [0.3, 0.4) is 0 Å². The smallest absolute Gasteiger partial charge is 0.175 e.